The van der Waals surface area contributed by atoms with Gasteiger partial charge in [-0.2, -0.15) is 5.26 Å². The molecule has 1 aliphatic heterocycles. The number of morpholine rings is 1. The van der Waals surface area contributed by atoms with E-state index in [9.17, 15) is 5.26 Å². The fourth-order valence-corrected chi connectivity index (χ4v) is 3.01. The highest BCUT2D eigenvalue weighted by atomic mass is 16.5. The summed E-state index contributed by atoms with van der Waals surface area (Å²) in [6.45, 7) is 5.72. The third kappa shape index (κ3) is 2.69. The Bertz CT molecular complexity index is 345. The van der Waals surface area contributed by atoms with Crippen LogP contribution < -0.4 is 5.32 Å². The SMILES string of the molecule is CC1CN(CC(C#N)(NC2CC2)C2CC2)CCO1. The van der Waals surface area contributed by atoms with Gasteiger partial charge in [0.2, 0.25) is 0 Å². The van der Waals surface area contributed by atoms with E-state index in [0.29, 0.717) is 18.1 Å². The average Bonchev–Trinajstić information content (AvgIpc) is 3.21. The van der Waals surface area contributed by atoms with Crippen LogP contribution in [0.3, 0.4) is 0 Å². The maximum Gasteiger partial charge on any atom is 0.122 e. The molecule has 4 nitrogen and oxygen atoms in total. The van der Waals surface area contributed by atoms with Crippen LogP contribution in [0, 0.1) is 17.2 Å². The number of hydrogen-bond acceptors (Lipinski definition) is 4. The van der Waals surface area contributed by atoms with E-state index in [-0.39, 0.29) is 5.54 Å². The standard InChI is InChI=1S/C14H23N3O/c1-11-8-17(6-7-18-11)10-14(9-15,12-2-3-12)16-13-4-5-13/h11-13,16H,2-8,10H2,1H3. The summed E-state index contributed by atoms with van der Waals surface area (Å²) >= 11 is 0. The first kappa shape index (κ1) is 12.4. The van der Waals surface area contributed by atoms with E-state index >= 15 is 0 Å². The smallest absolute Gasteiger partial charge is 0.122 e. The van der Waals surface area contributed by atoms with Gasteiger partial charge in [0.15, 0.2) is 0 Å². The van der Waals surface area contributed by atoms with Gasteiger partial charge < -0.3 is 4.74 Å². The van der Waals surface area contributed by atoms with Crippen molar-refractivity contribution in [2.75, 3.05) is 26.2 Å². The predicted molar refractivity (Wildman–Crippen MR) is 69.1 cm³/mol. The summed E-state index contributed by atoms with van der Waals surface area (Å²) in [4.78, 5) is 2.41. The molecule has 0 aromatic heterocycles. The first-order chi connectivity index (χ1) is 8.72. The Balaban J connectivity index is 1.66. The molecule has 0 radical (unpaired) electrons. The number of nitrogens with zero attached hydrogens (tertiary/aromatic N) is 2. The molecule has 3 rings (SSSR count). The second kappa shape index (κ2) is 4.80. The molecule has 1 heterocycles. The minimum atomic E-state index is -0.293. The maximum atomic E-state index is 9.69. The van der Waals surface area contributed by atoms with E-state index in [0.717, 1.165) is 26.2 Å². The number of rotatable bonds is 5. The zero-order valence-electron chi connectivity index (χ0n) is 11.2. The summed E-state index contributed by atoms with van der Waals surface area (Å²) in [7, 11) is 0. The first-order valence-corrected chi connectivity index (χ1v) is 7.25. The van der Waals surface area contributed by atoms with Crippen LogP contribution in [0.2, 0.25) is 0 Å². The number of ether oxygens (including phenoxy) is 1. The summed E-state index contributed by atoms with van der Waals surface area (Å²) in [5.41, 5.74) is -0.293. The second-order valence-corrected chi connectivity index (χ2v) is 6.19. The van der Waals surface area contributed by atoms with E-state index in [4.69, 9.17) is 4.74 Å². The fourth-order valence-electron chi connectivity index (χ4n) is 3.01. The molecule has 18 heavy (non-hydrogen) atoms. The van der Waals surface area contributed by atoms with Gasteiger partial charge in [-0.3, -0.25) is 10.2 Å². The zero-order chi connectivity index (χ0) is 12.6. The highest BCUT2D eigenvalue weighted by Crippen LogP contribution is 2.41. The van der Waals surface area contributed by atoms with Crippen molar-refractivity contribution in [1.29, 1.82) is 5.26 Å². The summed E-state index contributed by atoms with van der Waals surface area (Å²) in [5.74, 6) is 0.571. The van der Waals surface area contributed by atoms with Gasteiger partial charge in [-0.1, -0.05) is 0 Å². The van der Waals surface area contributed by atoms with Gasteiger partial charge in [-0.15, -0.1) is 0 Å². The van der Waals surface area contributed by atoms with Gasteiger partial charge >= 0.3 is 0 Å². The van der Waals surface area contributed by atoms with Gasteiger partial charge in [0.25, 0.3) is 0 Å². The molecule has 1 N–H and O–H groups in total. The molecule has 0 aromatic carbocycles. The van der Waals surface area contributed by atoms with Gasteiger partial charge in [0.1, 0.15) is 5.54 Å². The fraction of sp³-hybridized carbons (Fsp3) is 0.929. The lowest BCUT2D eigenvalue weighted by Crippen LogP contribution is -2.57. The molecule has 0 bridgehead atoms. The second-order valence-electron chi connectivity index (χ2n) is 6.19. The molecular weight excluding hydrogens is 226 g/mol. The van der Waals surface area contributed by atoms with Crippen LogP contribution in [0.15, 0.2) is 0 Å². The van der Waals surface area contributed by atoms with E-state index in [2.05, 4.69) is 23.2 Å². The zero-order valence-corrected chi connectivity index (χ0v) is 11.2. The van der Waals surface area contributed by atoms with Crippen LogP contribution in [0.25, 0.3) is 0 Å². The van der Waals surface area contributed by atoms with Gasteiger partial charge in [0, 0.05) is 25.7 Å². The Kier molecular flexibility index (Phi) is 3.31. The Labute approximate surface area is 109 Å². The number of nitriles is 1. The number of nitrogens with one attached hydrogen (secondary N) is 1. The van der Waals surface area contributed by atoms with Gasteiger partial charge in [0.05, 0.1) is 18.8 Å². The van der Waals surface area contributed by atoms with E-state index in [1.807, 2.05) is 0 Å². The van der Waals surface area contributed by atoms with Crippen LogP contribution in [0.1, 0.15) is 32.6 Å². The van der Waals surface area contributed by atoms with Crippen molar-refractivity contribution in [3.05, 3.63) is 0 Å². The van der Waals surface area contributed by atoms with Crippen molar-refractivity contribution in [1.82, 2.24) is 10.2 Å². The topological polar surface area (TPSA) is 48.3 Å². The average molecular weight is 249 g/mol. The molecule has 2 unspecified atom stereocenters. The molecule has 0 aromatic rings. The van der Waals surface area contributed by atoms with Crippen LogP contribution in [0.4, 0.5) is 0 Å². The summed E-state index contributed by atoms with van der Waals surface area (Å²) in [6, 6.07) is 3.22. The maximum absolute atomic E-state index is 9.69. The molecule has 2 aliphatic carbocycles. The van der Waals surface area contributed by atoms with Crippen LogP contribution in [-0.2, 0) is 4.74 Å². The quantitative estimate of drug-likeness (QED) is 0.793. The number of hydrogen-bond donors (Lipinski definition) is 1. The molecule has 3 fully saturated rings. The Morgan fingerprint density at radius 1 is 1.39 bits per heavy atom. The van der Waals surface area contributed by atoms with Crippen molar-refractivity contribution in [3.8, 4) is 6.07 Å². The van der Waals surface area contributed by atoms with Crippen molar-refractivity contribution in [2.45, 2.75) is 50.3 Å². The van der Waals surface area contributed by atoms with Crippen LogP contribution in [-0.4, -0.2) is 48.8 Å². The normalized spacial score (nSPS) is 32.8. The van der Waals surface area contributed by atoms with E-state index < -0.39 is 0 Å². The van der Waals surface area contributed by atoms with Crippen molar-refractivity contribution < 1.29 is 4.74 Å². The highest BCUT2D eigenvalue weighted by molar-refractivity contribution is 5.18. The molecule has 100 valence electrons. The van der Waals surface area contributed by atoms with Crippen molar-refractivity contribution in [2.24, 2.45) is 5.92 Å². The molecular formula is C14H23N3O. The van der Waals surface area contributed by atoms with Crippen molar-refractivity contribution in [3.63, 3.8) is 0 Å². The predicted octanol–water partition coefficient (Wildman–Crippen LogP) is 1.13. The Hall–Kier alpha value is -0.630. The lowest BCUT2D eigenvalue weighted by atomic mass is 9.93. The largest absolute Gasteiger partial charge is 0.376 e. The van der Waals surface area contributed by atoms with E-state index in [1.165, 1.54) is 25.7 Å². The molecule has 0 spiro atoms. The molecule has 1 saturated heterocycles. The summed E-state index contributed by atoms with van der Waals surface area (Å²) in [5, 5.41) is 13.3. The molecule has 2 saturated carbocycles. The van der Waals surface area contributed by atoms with Crippen LogP contribution >= 0.6 is 0 Å². The monoisotopic (exact) mass is 249 g/mol. The minimum absolute atomic E-state index is 0.293. The van der Waals surface area contributed by atoms with Crippen LogP contribution in [0.5, 0.6) is 0 Å². The minimum Gasteiger partial charge on any atom is -0.376 e. The lowest BCUT2D eigenvalue weighted by molar-refractivity contribution is -0.0254. The lowest BCUT2D eigenvalue weighted by Gasteiger charge is -2.38. The summed E-state index contributed by atoms with van der Waals surface area (Å²) in [6.07, 6.45) is 5.22. The molecule has 4 heteroatoms. The molecule has 0 amide bonds. The van der Waals surface area contributed by atoms with Crippen molar-refractivity contribution >= 4 is 0 Å². The van der Waals surface area contributed by atoms with Gasteiger partial charge in [-0.25, -0.2) is 0 Å². The third-order valence-electron chi connectivity index (χ3n) is 4.31. The molecule has 2 atom stereocenters. The highest BCUT2D eigenvalue weighted by Gasteiger charge is 2.49. The summed E-state index contributed by atoms with van der Waals surface area (Å²) < 4.78 is 5.58. The van der Waals surface area contributed by atoms with E-state index in [1.54, 1.807) is 0 Å². The third-order valence-corrected chi connectivity index (χ3v) is 4.31. The molecule has 3 aliphatic rings. The Morgan fingerprint density at radius 3 is 2.72 bits per heavy atom. The first-order valence-electron chi connectivity index (χ1n) is 7.25. The Morgan fingerprint density at radius 2 is 2.17 bits per heavy atom. The van der Waals surface area contributed by atoms with Gasteiger partial charge in [-0.05, 0) is 38.5 Å².